The van der Waals surface area contributed by atoms with Crippen molar-refractivity contribution in [3.8, 4) is 5.75 Å². The van der Waals surface area contributed by atoms with E-state index in [1.807, 2.05) is 6.07 Å². The van der Waals surface area contributed by atoms with E-state index in [9.17, 15) is 0 Å². The Labute approximate surface area is 178 Å². The molecule has 0 aromatic heterocycles. The lowest BCUT2D eigenvalue weighted by Crippen LogP contribution is -2.29. The van der Waals surface area contributed by atoms with Gasteiger partial charge in [0.25, 0.3) is 0 Å². The quantitative estimate of drug-likeness (QED) is 0.481. The molecule has 0 bridgehead atoms. The van der Waals surface area contributed by atoms with Gasteiger partial charge < -0.3 is 15.0 Å². The second-order valence-corrected chi connectivity index (χ2v) is 8.40. The summed E-state index contributed by atoms with van der Waals surface area (Å²) in [6.45, 7) is 7.00. The Morgan fingerprint density at radius 2 is 1.79 bits per heavy atom. The largest absolute Gasteiger partial charge is 0.491 e. The van der Waals surface area contributed by atoms with Crippen LogP contribution in [0.25, 0.3) is 10.8 Å². The SMILES string of the molecule is CC(C)Oc1ccc2ccccc2c1CNc1ccc(N2CCCCC2)c(Cl)c1. The van der Waals surface area contributed by atoms with Crippen LogP contribution in [0.15, 0.2) is 54.6 Å². The number of nitrogens with one attached hydrogen (secondary N) is 1. The third-order valence-electron chi connectivity index (χ3n) is 5.47. The van der Waals surface area contributed by atoms with Gasteiger partial charge in [-0.05, 0) is 68.1 Å². The Balaban J connectivity index is 1.57. The Bertz CT molecular complexity index is 980. The highest BCUT2D eigenvalue weighted by molar-refractivity contribution is 6.33. The van der Waals surface area contributed by atoms with Crippen LogP contribution in [0.1, 0.15) is 38.7 Å². The van der Waals surface area contributed by atoms with Crippen molar-refractivity contribution < 1.29 is 4.74 Å². The number of anilines is 2. The fourth-order valence-corrected chi connectivity index (χ4v) is 4.36. The van der Waals surface area contributed by atoms with Crippen molar-refractivity contribution in [2.75, 3.05) is 23.3 Å². The zero-order valence-electron chi connectivity index (χ0n) is 17.2. The monoisotopic (exact) mass is 408 g/mol. The average molecular weight is 409 g/mol. The maximum absolute atomic E-state index is 6.63. The van der Waals surface area contributed by atoms with Gasteiger partial charge in [-0.2, -0.15) is 0 Å². The molecule has 0 radical (unpaired) electrons. The first-order valence-electron chi connectivity index (χ1n) is 10.6. The van der Waals surface area contributed by atoms with E-state index in [-0.39, 0.29) is 6.10 Å². The van der Waals surface area contributed by atoms with Crippen LogP contribution in [0.2, 0.25) is 5.02 Å². The summed E-state index contributed by atoms with van der Waals surface area (Å²) >= 11 is 6.63. The van der Waals surface area contributed by atoms with Gasteiger partial charge in [0.1, 0.15) is 5.75 Å². The van der Waals surface area contributed by atoms with Crippen LogP contribution < -0.4 is 15.0 Å². The van der Waals surface area contributed by atoms with Gasteiger partial charge in [-0.3, -0.25) is 0 Å². The predicted octanol–water partition coefficient (Wildman–Crippen LogP) is 6.88. The van der Waals surface area contributed by atoms with Gasteiger partial charge in [0.05, 0.1) is 16.8 Å². The molecule has 29 heavy (non-hydrogen) atoms. The second kappa shape index (κ2) is 8.96. The molecule has 0 aliphatic carbocycles. The molecule has 0 spiro atoms. The maximum Gasteiger partial charge on any atom is 0.125 e. The Kier molecular flexibility index (Phi) is 6.15. The number of nitrogens with zero attached hydrogens (tertiary/aromatic N) is 1. The molecule has 1 N–H and O–H groups in total. The maximum atomic E-state index is 6.63. The molecule has 152 valence electrons. The van der Waals surface area contributed by atoms with Crippen molar-refractivity contribution in [3.63, 3.8) is 0 Å². The van der Waals surface area contributed by atoms with Crippen LogP contribution in [0.4, 0.5) is 11.4 Å². The summed E-state index contributed by atoms with van der Waals surface area (Å²) in [4.78, 5) is 2.40. The molecule has 4 rings (SSSR count). The fourth-order valence-electron chi connectivity index (χ4n) is 4.06. The smallest absolute Gasteiger partial charge is 0.125 e. The highest BCUT2D eigenvalue weighted by Gasteiger charge is 2.15. The number of hydrogen-bond donors (Lipinski definition) is 1. The van der Waals surface area contributed by atoms with E-state index < -0.39 is 0 Å². The van der Waals surface area contributed by atoms with E-state index in [4.69, 9.17) is 16.3 Å². The molecular formula is C25H29ClN2O. The topological polar surface area (TPSA) is 24.5 Å². The zero-order valence-corrected chi connectivity index (χ0v) is 18.0. The Hall–Kier alpha value is -2.39. The van der Waals surface area contributed by atoms with E-state index in [1.165, 1.54) is 35.6 Å². The van der Waals surface area contributed by atoms with Crippen molar-refractivity contribution in [1.82, 2.24) is 0 Å². The molecule has 3 aromatic rings. The molecule has 1 aliphatic heterocycles. The van der Waals surface area contributed by atoms with Crippen molar-refractivity contribution in [2.24, 2.45) is 0 Å². The molecule has 0 saturated carbocycles. The average Bonchev–Trinajstić information content (AvgIpc) is 2.73. The highest BCUT2D eigenvalue weighted by atomic mass is 35.5. The molecule has 3 aromatic carbocycles. The number of fused-ring (bicyclic) bond motifs is 1. The summed E-state index contributed by atoms with van der Waals surface area (Å²) in [6.07, 6.45) is 3.94. The minimum Gasteiger partial charge on any atom is -0.491 e. The molecule has 0 atom stereocenters. The summed E-state index contributed by atoms with van der Waals surface area (Å²) in [5.41, 5.74) is 3.35. The summed E-state index contributed by atoms with van der Waals surface area (Å²) in [6, 6.07) is 19.0. The van der Waals surface area contributed by atoms with Crippen molar-refractivity contribution in [1.29, 1.82) is 0 Å². The first-order chi connectivity index (χ1) is 14.1. The van der Waals surface area contributed by atoms with Crippen LogP contribution in [-0.2, 0) is 6.54 Å². The van der Waals surface area contributed by atoms with Crippen molar-refractivity contribution in [2.45, 2.75) is 45.8 Å². The third-order valence-corrected chi connectivity index (χ3v) is 5.78. The molecular weight excluding hydrogens is 380 g/mol. The summed E-state index contributed by atoms with van der Waals surface area (Å²) in [7, 11) is 0. The van der Waals surface area contributed by atoms with E-state index in [1.54, 1.807) is 0 Å². The number of ether oxygens (including phenoxy) is 1. The lowest BCUT2D eigenvalue weighted by Gasteiger charge is -2.29. The molecule has 1 heterocycles. The van der Waals surface area contributed by atoms with Crippen molar-refractivity contribution >= 4 is 33.7 Å². The summed E-state index contributed by atoms with van der Waals surface area (Å²) < 4.78 is 6.09. The molecule has 0 unspecified atom stereocenters. The lowest BCUT2D eigenvalue weighted by molar-refractivity contribution is 0.240. The number of rotatable bonds is 6. The van der Waals surface area contributed by atoms with Gasteiger partial charge in [-0.15, -0.1) is 0 Å². The van der Waals surface area contributed by atoms with Gasteiger partial charge in [-0.25, -0.2) is 0 Å². The Morgan fingerprint density at radius 3 is 2.55 bits per heavy atom. The standard InChI is InChI=1S/C25H29ClN2O/c1-18(2)29-25-13-10-19-8-4-5-9-21(19)22(25)17-27-20-11-12-24(23(26)16-20)28-14-6-3-7-15-28/h4-5,8-13,16,18,27H,3,6-7,14-15,17H2,1-2H3. The van der Waals surface area contributed by atoms with E-state index in [0.29, 0.717) is 6.54 Å². The minimum absolute atomic E-state index is 0.133. The van der Waals surface area contributed by atoms with E-state index in [2.05, 4.69) is 72.6 Å². The van der Waals surface area contributed by atoms with Gasteiger partial charge in [0, 0.05) is 30.9 Å². The van der Waals surface area contributed by atoms with Crippen LogP contribution in [0.5, 0.6) is 5.75 Å². The molecule has 1 saturated heterocycles. The van der Waals surface area contributed by atoms with Gasteiger partial charge in [0.2, 0.25) is 0 Å². The van der Waals surface area contributed by atoms with Crippen LogP contribution >= 0.6 is 11.6 Å². The fraction of sp³-hybridized carbons (Fsp3) is 0.360. The van der Waals surface area contributed by atoms with Gasteiger partial charge in [0.15, 0.2) is 0 Å². The normalized spacial score (nSPS) is 14.4. The number of hydrogen-bond acceptors (Lipinski definition) is 3. The van der Waals surface area contributed by atoms with E-state index in [0.717, 1.165) is 35.2 Å². The summed E-state index contributed by atoms with van der Waals surface area (Å²) in [5, 5.41) is 6.81. The molecule has 0 amide bonds. The van der Waals surface area contributed by atoms with Gasteiger partial charge >= 0.3 is 0 Å². The molecule has 1 aliphatic rings. The van der Waals surface area contributed by atoms with Crippen molar-refractivity contribution in [3.05, 3.63) is 65.2 Å². The number of piperidine rings is 1. The second-order valence-electron chi connectivity index (χ2n) is 8.00. The Morgan fingerprint density at radius 1 is 1.00 bits per heavy atom. The van der Waals surface area contributed by atoms with Gasteiger partial charge in [-0.1, -0.05) is 41.9 Å². The lowest BCUT2D eigenvalue weighted by atomic mass is 10.0. The molecule has 3 nitrogen and oxygen atoms in total. The number of halogens is 1. The summed E-state index contributed by atoms with van der Waals surface area (Å²) in [5.74, 6) is 0.933. The first kappa shape index (κ1) is 19.9. The van der Waals surface area contributed by atoms with E-state index >= 15 is 0 Å². The predicted molar refractivity (Wildman–Crippen MR) is 125 cm³/mol. The van der Waals surface area contributed by atoms with Crippen LogP contribution in [-0.4, -0.2) is 19.2 Å². The molecule has 4 heteroatoms. The molecule has 1 fully saturated rings. The highest BCUT2D eigenvalue weighted by Crippen LogP contribution is 2.33. The number of benzene rings is 3. The zero-order chi connectivity index (χ0) is 20.2. The van der Waals surface area contributed by atoms with Crippen LogP contribution in [0, 0.1) is 0 Å². The minimum atomic E-state index is 0.133. The first-order valence-corrected chi connectivity index (χ1v) is 11.0. The van der Waals surface area contributed by atoms with Crippen LogP contribution in [0.3, 0.4) is 0 Å². The third kappa shape index (κ3) is 4.62.